The van der Waals surface area contributed by atoms with E-state index in [1.807, 2.05) is 59.5 Å². The van der Waals surface area contributed by atoms with E-state index in [-0.39, 0.29) is 0 Å². The normalized spacial score (nSPS) is 10.3. The van der Waals surface area contributed by atoms with Crippen LogP contribution in [0.25, 0.3) is 0 Å². The SMILES string of the molecule is C=CCN(Cc1ccccc1)c1ncnc(Sc2ccccc2)c1C=O. The highest BCUT2D eigenvalue weighted by Crippen LogP contribution is 2.31. The molecule has 1 heterocycles. The number of carbonyl (C=O) groups excluding carboxylic acids is 1. The second kappa shape index (κ2) is 8.97. The van der Waals surface area contributed by atoms with E-state index in [1.165, 1.54) is 18.1 Å². The quantitative estimate of drug-likeness (QED) is 0.332. The zero-order valence-electron chi connectivity index (χ0n) is 14.3. The van der Waals surface area contributed by atoms with E-state index >= 15 is 0 Å². The van der Waals surface area contributed by atoms with Gasteiger partial charge in [0.25, 0.3) is 0 Å². The maximum absolute atomic E-state index is 11.9. The first-order chi connectivity index (χ1) is 12.8. The fourth-order valence-corrected chi connectivity index (χ4v) is 3.46. The molecule has 0 N–H and O–H groups in total. The maximum atomic E-state index is 11.9. The van der Waals surface area contributed by atoms with Crippen LogP contribution >= 0.6 is 11.8 Å². The summed E-state index contributed by atoms with van der Waals surface area (Å²) in [5, 5.41) is 0.651. The molecule has 2 aromatic carbocycles. The zero-order valence-corrected chi connectivity index (χ0v) is 15.1. The summed E-state index contributed by atoms with van der Waals surface area (Å²) in [6, 6.07) is 20.0. The molecular formula is C21H19N3OS. The molecule has 0 spiro atoms. The van der Waals surface area contributed by atoms with Gasteiger partial charge in [0.05, 0.1) is 5.56 Å². The van der Waals surface area contributed by atoms with Crippen LogP contribution in [0.4, 0.5) is 5.82 Å². The average molecular weight is 361 g/mol. The summed E-state index contributed by atoms with van der Waals surface area (Å²) in [6.07, 6.45) is 4.15. The molecule has 4 nitrogen and oxygen atoms in total. The fraction of sp³-hybridized carbons (Fsp3) is 0.0952. The number of benzene rings is 2. The Kier molecular flexibility index (Phi) is 6.17. The number of aromatic nitrogens is 2. The van der Waals surface area contributed by atoms with Gasteiger partial charge in [-0.25, -0.2) is 9.97 Å². The third-order valence-electron chi connectivity index (χ3n) is 3.77. The van der Waals surface area contributed by atoms with Gasteiger partial charge < -0.3 is 4.90 Å². The van der Waals surface area contributed by atoms with Crippen LogP contribution in [-0.2, 0) is 6.54 Å². The standard InChI is InChI=1S/C21H19N3OS/c1-2-13-24(14-17-9-5-3-6-10-17)20-19(15-25)21(23-16-22-20)26-18-11-7-4-8-12-18/h2-12,15-16H,1,13-14H2. The first-order valence-electron chi connectivity index (χ1n) is 8.24. The Morgan fingerprint density at radius 3 is 2.35 bits per heavy atom. The van der Waals surface area contributed by atoms with Gasteiger partial charge >= 0.3 is 0 Å². The summed E-state index contributed by atoms with van der Waals surface area (Å²) < 4.78 is 0. The molecule has 3 aromatic rings. The van der Waals surface area contributed by atoms with Gasteiger partial charge in [0.15, 0.2) is 6.29 Å². The number of carbonyl (C=O) groups is 1. The van der Waals surface area contributed by atoms with Crippen molar-refractivity contribution >= 4 is 23.9 Å². The molecule has 1 aromatic heterocycles. The third-order valence-corrected chi connectivity index (χ3v) is 4.79. The second-order valence-corrected chi connectivity index (χ2v) is 6.67. The molecule has 0 unspecified atom stereocenters. The van der Waals surface area contributed by atoms with Crippen LogP contribution in [0.15, 0.2) is 89.6 Å². The minimum atomic E-state index is 0.499. The lowest BCUT2D eigenvalue weighted by molar-refractivity contribution is 0.112. The number of rotatable bonds is 8. The van der Waals surface area contributed by atoms with E-state index in [0.29, 0.717) is 29.5 Å². The minimum absolute atomic E-state index is 0.499. The van der Waals surface area contributed by atoms with Crippen molar-refractivity contribution in [3.8, 4) is 0 Å². The van der Waals surface area contributed by atoms with Gasteiger partial charge in [0.1, 0.15) is 17.2 Å². The largest absolute Gasteiger partial charge is 0.348 e. The highest BCUT2D eigenvalue weighted by Gasteiger charge is 2.17. The van der Waals surface area contributed by atoms with Crippen molar-refractivity contribution in [2.45, 2.75) is 16.5 Å². The Morgan fingerprint density at radius 2 is 1.69 bits per heavy atom. The van der Waals surface area contributed by atoms with Crippen LogP contribution in [-0.4, -0.2) is 22.8 Å². The van der Waals surface area contributed by atoms with Crippen molar-refractivity contribution in [2.24, 2.45) is 0 Å². The molecule has 26 heavy (non-hydrogen) atoms. The topological polar surface area (TPSA) is 46.1 Å². The summed E-state index contributed by atoms with van der Waals surface area (Å²) in [5.74, 6) is 0.622. The Bertz CT molecular complexity index is 869. The molecule has 0 bridgehead atoms. The van der Waals surface area contributed by atoms with Crippen LogP contribution in [0.3, 0.4) is 0 Å². The summed E-state index contributed by atoms with van der Waals surface area (Å²) in [4.78, 5) is 23.6. The van der Waals surface area contributed by atoms with Crippen LogP contribution in [0.2, 0.25) is 0 Å². The first kappa shape index (κ1) is 17.9. The van der Waals surface area contributed by atoms with Crippen LogP contribution in [0, 0.1) is 0 Å². The Balaban J connectivity index is 1.95. The van der Waals surface area contributed by atoms with Crippen molar-refractivity contribution in [3.05, 3.63) is 90.8 Å². The summed E-state index contributed by atoms with van der Waals surface area (Å²) in [5.41, 5.74) is 1.64. The Morgan fingerprint density at radius 1 is 1.00 bits per heavy atom. The van der Waals surface area contributed by atoms with Crippen LogP contribution < -0.4 is 4.90 Å². The van der Waals surface area contributed by atoms with Gasteiger partial charge in [0.2, 0.25) is 0 Å². The van der Waals surface area contributed by atoms with Crippen molar-refractivity contribution in [3.63, 3.8) is 0 Å². The zero-order chi connectivity index (χ0) is 18.2. The molecular weight excluding hydrogens is 342 g/mol. The number of aldehydes is 1. The van der Waals surface area contributed by atoms with Gasteiger partial charge in [-0.1, -0.05) is 66.4 Å². The molecule has 0 aliphatic rings. The summed E-state index contributed by atoms with van der Waals surface area (Å²) in [6.45, 7) is 5.06. The molecule has 0 atom stereocenters. The highest BCUT2D eigenvalue weighted by molar-refractivity contribution is 7.99. The molecule has 130 valence electrons. The highest BCUT2D eigenvalue weighted by atomic mass is 32.2. The molecule has 0 aliphatic heterocycles. The van der Waals surface area contributed by atoms with Gasteiger partial charge in [-0.2, -0.15) is 0 Å². The van der Waals surface area contributed by atoms with Crippen molar-refractivity contribution < 1.29 is 4.79 Å². The summed E-state index contributed by atoms with van der Waals surface area (Å²) in [7, 11) is 0. The molecule has 0 amide bonds. The number of hydrogen-bond acceptors (Lipinski definition) is 5. The van der Waals surface area contributed by atoms with Gasteiger partial charge in [0, 0.05) is 18.0 Å². The van der Waals surface area contributed by atoms with Crippen molar-refractivity contribution in [2.75, 3.05) is 11.4 Å². The molecule has 5 heteroatoms. The Hall–Kier alpha value is -2.92. The number of nitrogens with zero attached hydrogens (tertiary/aromatic N) is 3. The van der Waals surface area contributed by atoms with Crippen LogP contribution in [0.1, 0.15) is 15.9 Å². The number of anilines is 1. The molecule has 0 saturated carbocycles. The fourth-order valence-electron chi connectivity index (χ4n) is 2.59. The molecule has 0 saturated heterocycles. The summed E-state index contributed by atoms with van der Waals surface area (Å²) >= 11 is 1.46. The monoisotopic (exact) mass is 361 g/mol. The van der Waals surface area contributed by atoms with Crippen LogP contribution in [0.5, 0.6) is 0 Å². The van der Waals surface area contributed by atoms with Gasteiger partial charge in [-0.05, 0) is 17.7 Å². The predicted molar refractivity (Wildman–Crippen MR) is 106 cm³/mol. The molecule has 3 rings (SSSR count). The predicted octanol–water partition coefficient (Wildman–Crippen LogP) is 4.63. The third kappa shape index (κ3) is 4.37. The average Bonchev–Trinajstić information content (AvgIpc) is 2.69. The minimum Gasteiger partial charge on any atom is -0.348 e. The van der Waals surface area contributed by atoms with E-state index in [0.717, 1.165) is 16.7 Å². The van der Waals surface area contributed by atoms with Gasteiger partial charge in [-0.3, -0.25) is 4.79 Å². The van der Waals surface area contributed by atoms with Crippen molar-refractivity contribution in [1.29, 1.82) is 0 Å². The molecule has 0 aliphatic carbocycles. The lowest BCUT2D eigenvalue weighted by Gasteiger charge is -2.24. The first-order valence-corrected chi connectivity index (χ1v) is 9.06. The lowest BCUT2D eigenvalue weighted by atomic mass is 10.2. The second-order valence-electron chi connectivity index (χ2n) is 5.60. The Labute approximate surface area is 157 Å². The smallest absolute Gasteiger partial charge is 0.156 e. The van der Waals surface area contributed by atoms with Gasteiger partial charge in [-0.15, -0.1) is 6.58 Å². The number of hydrogen-bond donors (Lipinski definition) is 0. The van der Waals surface area contributed by atoms with E-state index in [9.17, 15) is 4.79 Å². The van der Waals surface area contributed by atoms with E-state index in [4.69, 9.17) is 0 Å². The van der Waals surface area contributed by atoms with E-state index in [2.05, 4.69) is 28.7 Å². The molecule has 0 radical (unpaired) electrons. The molecule has 0 fully saturated rings. The van der Waals surface area contributed by atoms with E-state index < -0.39 is 0 Å². The lowest BCUT2D eigenvalue weighted by Crippen LogP contribution is -2.25. The maximum Gasteiger partial charge on any atom is 0.156 e. The van der Waals surface area contributed by atoms with Crippen molar-refractivity contribution in [1.82, 2.24) is 9.97 Å². The van der Waals surface area contributed by atoms with E-state index in [1.54, 1.807) is 0 Å².